The molecular formula is C19H13N5. The molecule has 3 heterocycles. The first-order chi connectivity index (χ1) is 11.9. The smallest absolute Gasteiger partial charge is 0.182 e. The normalized spacial score (nSPS) is 10.5. The predicted molar refractivity (Wildman–Crippen MR) is 91.7 cm³/mol. The minimum Gasteiger partial charge on any atom is -0.264 e. The summed E-state index contributed by atoms with van der Waals surface area (Å²) in [6, 6.07) is 17.5. The van der Waals surface area contributed by atoms with Crippen molar-refractivity contribution in [2.75, 3.05) is 0 Å². The fourth-order valence-electron chi connectivity index (χ4n) is 2.44. The minimum absolute atomic E-state index is 0.585. The molecule has 0 fully saturated rings. The number of hydrogen-bond acceptors (Lipinski definition) is 5. The zero-order chi connectivity index (χ0) is 16.2. The van der Waals surface area contributed by atoms with E-state index in [2.05, 4.69) is 20.2 Å². The van der Waals surface area contributed by atoms with Crippen molar-refractivity contribution in [2.24, 2.45) is 0 Å². The van der Waals surface area contributed by atoms with Crippen LogP contribution in [0.1, 0.15) is 0 Å². The molecule has 3 aromatic heterocycles. The molecule has 0 amide bonds. The summed E-state index contributed by atoms with van der Waals surface area (Å²) in [5.41, 5.74) is 4.12. The van der Waals surface area contributed by atoms with Crippen LogP contribution < -0.4 is 0 Å². The standard InChI is InChI=1S/C19H13N5/c1-2-6-14(7-3-1)19-22-17(15-8-4-10-20-12-15)18(23-24-19)16-9-5-11-21-13-16/h1-13H. The average Bonchev–Trinajstić information content (AvgIpc) is 2.69. The lowest BCUT2D eigenvalue weighted by atomic mass is 10.1. The summed E-state index contributed by atoms with van der Waals surface area (Å²) < 4.78 is 0. The summed E-state index contributed by atoms with van der Waals surface area (Å²) in [5, 5.41) is 8.72. The Balaban J connectivity index is 1.92. The van der Waals surface area contributed by atoms with Crippen LogP contribution in [0.15, 0.2) is 79.4 Å². The number of hydrogen-bond donors (Lipinski definition) is 0. The van der Waals surface area contributed by atoms with Crippen LogP contribution in [0, 0.1) is 0 Å². The Morgan fingerprint density at radius 1 is 0.542 bits per heavy atom. The van der Waals surface area contributed by atoms with Gasteiger partial charge in [-0.25, -0.2) is 4.98 Å². The molecule has 0 N–H and O–H groups in total. The topological polar surface area (TPSA) is 64.5 Å². The molecule has 0 spiro atoms. The van der Waals surface area contributed by atoms with Crippen LogP contribution in [-0.2, 0) is 0 Å². The van der Waals surface area contributed by atoms with Gasteiger partial charge in [0.25, 0.3) is 0 Å². The van der Waals surface area contributed by atoms with Crippen LogP contribution in [0.2, 0.25) is 0 Å². The Bertz CT molecular complexity index is 941. The zero-order valence-electron chi connectivity index (χ0n) is 12.7. The largest absolute Gasteiger partial charge is 0.264 e. The average molecular weight is 311 g/mol. The van der Waals surface area contributed by atoms with E-state index in [0.29, 0.717) is 11.5 Å². The SMILES string of the molecule is c1ccc(-c2nnc(-c3cccnc3)c(-c3cccnc3)n2)cc1. The zero-order valence-corrected chi connectivity index (χ0v) is 12.7. The van der Waals surface area contributed by atoms with Gasteiger partial charge in [0.05, 0.1) is 0 Å². The van der Waals surface area contributed by atoms with E-state index in [0.717, 1.165) is 22.4 Å². The maximum Gasteiger partial charge on any atom is 0.182 e. The van der Waals surface area contributed by atoms with Crippen LogP contribution in [-0.4, -0.2) is 25.1 Å². The molecule has 0 aliphatic rings. The highest BCUT2D eigenvalue weighted by Gasteiger charge is 2.14. The van der Waals surface area contributed by atoms with E-state index in [9.17, 15) is 0 Å². The summed E-state index contributed by atoms with van der Waals surface area (Å²) in [7, 11) is 0. The van der Waals surface area contributed by atoms with Gasteiger partial charge in [0.1, 0.15) is 11.4 Å². The van der Waals surface area contributed by atoms with Crippen LogP contribution in [0.25, 0.3) is 33.9 Å². The van der Waals surface area contributed by atoms with Gasteiger partial charge < -0.3 is 0 Å². The Hall–Kier alpha value is -3.47. The highest BCUT2D eigenvalue weighted by atomic mass is 15.2. The van der Waals surface area contributed by atoms with E-state index in [1.807, 2.05) is 54.6 Å². The van der Waals surface area contributed by atoms with Crippen molar-refractivity contribution in [1.82, 2.24) is 25.1 Å². The molecule has 0 saturated carbocycles. The van der Waals surface area contributed by atoms with Crippen molar-refractivity contribution in [3.8, 4) is 33.9 Å². The minimum atomic E-state index is 0.585. The molecule has 0 saturated heterocycles. The van der Waals surface area contributed by atoms with Crippen LogP contribution in [0.4, 0.5) is 0 Å². The van der Waals surface area contributed by atoms with Crippen LogP contribution >= 0.6 is 0 Å². The number of aromatic nitrogens is 5. The fourth-order valence-corrected chi connectivity index (χ4v) is 2.44. The molecular weight excluding hydrogens is 298 g/mol. The number of benzene rings is 1. The third-order valence-electron chi connectivity index (χ3n) is 3.59. The first kappa shape index (κ1) is 14.1. The number of nitrogens with zero attached hydrogens (tertiary/aromatic N) is 5. The van der Waals surface area contributed by atoms with Crippen molar-refractivity contribution in [2.45, 2.75) is 0 Å². The molecule has 0 bridgehead atoms. The van der Waals surface area contributed by atoms with Gasteiger partial charge >= 0.3 is 0 Å². The van der Waals surface area contributed by atoms with Crippen molar-refractivity contribution in [3.63, 3.8) is 0 Å². The first-order valence-electron chi connectivity index (χ1n) is 7.53. The molecule has 4 rings (SSSR count). The molecule has 0 atom stereocenters. The van der Waals surface area contributed by atoms with E-state index in [4.69, 9.17) is 4.98 Å². The third-order valence-corrected chi connectivity index (χ3v) is 3.59. The Kier molecular flexibility index (Phi) is 3.73. The molecule has 5 heteroatoms. The van der Waals surface area contributed by atoms with Crippen molar-refractivity contribution in [1.29, 1.82) is 0 Å². The summed E-state index contributed by atoms with van der Waals surface area (Å²) in [6.45, 7) is 0. The second-order valence-electron chi connectivity index (χ2n) is 5.18. The molecule has 4 aromatic rings. The van der Waals surface area contributed by atoms with E-state index in [1.165, 1.54) is 0 Å². The lowest BCUT2D eigenvalue weighted by Gasteiger charge is -2.09. The van der Waals surface area contributed by atoms with Crippen molar-refractivity contribution in [3.05, 3.63) is 79.4 Å². The highest BCUT2D eigenvalue weighted by molar-refractivity contribution is 5.77. The van der Waals surface area contributed by atoms with E-state index in [-0.39, 0.29) is 0 Å². The fraction of sp³-hybridized carbons (Fsp3) is 0. The summed E-state index contributed by atoms with van der Waals surface area (Å²) in [6.07, 6.45) is 7.00. The first-order valence-corrected chi connectivity index (χ1v) is 7.53. The second-order valence-corrected chi connectivity index (χ2v) is 5.18. The highest BCUT2D eigenvalue weighted by Crippen LogP contribution is 2.28. The molecule has 114 valence electrons. The van der Waals surface area contributed by atoms with E-state index in [1.54, 1.807) is 24.8 Å². The maximum absolute atomic E-state index is 4.75. The Labute approximate surface area is 139 Å². The third kappa shape index (κ3) is 2.75. The van der Waals surface area contributed by atoms with Gasteiger partial charge in [-0.1, -0.05) is 30.3 Å². The summed E-state index contributed by atoms with van der Waals surface area (Å²) in [4.78, 5) is 13.1. The van der Waals surface area contributed by atoms with Gasteiger partial charge in [-0.3, -0.25) is 9.97 Å². The van der Waals surface area contributed by atoms with Gasteiger partial charge in [0.2, 0.25) is 0 Å². The molecule has 1 aromatic carbocycles. The molecule has 24 heavy (non-hydrogen) atoms. The van der Waals surface area contributed by atoms with Crippen molar-refractivity contribution < 1.29 is 0 Å². The summed E-state index contributed by atoms with van der Waals surface area (Å²) in [5.74, 6) is 0.585. The maximum atomic E-state index is 4.75. The van der Waals surface area contributed by atoms with E-state index >= 15 is 0 Å². The molecule has 0 aliphatic heterocycles. The molecule has 0 unspecified atom stereocenters. The molecule has 0 aliphatic carbocycles. The van der Waals surface area contributed by atoms with Gasteiger partial charge in [0, 0.05) is 41.5 Å². The lowest BCUT2D eigenvalue weighted by Crippen LogP contribution is -2.00. The van der Waals surface area contributed by atoms with Gasteiger partial charge in [-0.2, -0.15) is 0 Å². The molecule has 5 nitrogen and oxygen atoms in total. The monoisotopic (exact) mass is 311 g/mol. The van der Waals surface area contributed by atoms with Gasteiger partial charge in [-0.05, 0) is 24.3 Å². The van der Waals surface area contributed by atoms with Crippen LogP contribution in [0.5, 0.6) is 0 Å². The van der Waals surface area contributed by atoms with E-state index < -0.39 is 0 Å². The summed E-state index contributed by atoms with van der Waals surface area (Å²) >= 11 is 0. The Morgan fingerprint density at radius 3 is 1.79 bits per heavy atom. The molecule has 0 radical (unpaired) electrons. The Morgan fingerprint density at radius 2 is 1.17 bits per heavy atom. The number of rotatable bonds is 3. The second kappa shape index (κ2) is 6.34. The lowest BCUT2D eigenvalue weighted by molar-refractivity contribution is 0.989. The van der Waals surface area contributed by atoms with Crippen molar-refractivity contribution >= 4 is 0 Å². The van der Waals surface area contributed by atoms with Gasteiger partial charge in [-0.15, -0.1) is 10.2 Å². The predicted octanol–water partition coefficient (Wildman–Crippen LogP) is 3.66. The number of pyridine rings is 2. The van der Waals surface area contributed by atoms with Gasteiger partial charge in [0.15, 0.2) is 5.82 Å². The quantitative estimate of drug-likeness (QED) is 0.577. The van der Waals surface area contributed by atoms with Crippen LogP contribution in [0.3, 0.4) is 0 Å².